The fourth-order valence-electron chi connectivity index (χ4n) is 3.42. The number of Topliss-reactive ketones (excluding diaryl/α,β-unsaturated/α-hetero) is 1. The van der Waals surface area contributed by atoms with E-state index in [2.05, 4.69) is 0 Å². The molecule has 152 valence electrons. The van der Waals surface area contributed by atoms with E-state index < -0.39 is 35.3 Å². The first-order valence-electron chi connectivity index (χ1n) is 9.69. The molecule has 0 bridgehead atoms. The highest BCUT2D eigenvalue weighted by atomic mass is 16.7. The van der Waals surface area contributed by atoms with Gasteiger partial charge in [-0.05, 0) is 33.1 Å². The zero-order valence-corrected chi connectivity index (χ0v) is 17.3. The molecular formula is C20H36O6. The third-order valence-electron chi connectivity index (χ3n) is 4.77. The molecule has 1 heterocycles. The molecule has 0 spiro atoms. The largest absolute Gasteiger partial charge is 0.460 e. The summed E-state index contributed by atoms with van der Waals surface area (Å²) in [6.45, 7) is 13.5. The molecule has 0 radical (unpaired) electrons. The van der Waals surface area contributed by atoms with E-state index in [0.29, 0.717) is 26.1 Å². The maximum atomic E-state index is 12.8. The highest BCUT2D eigenvalue weighted by Crippen LogP contribution is 2.40. The van der Waals surface area contributed by atoms with Gasteiger partial charge in [-0.1, -0.05) is 27.7 Å². The summed E-state index contributed by atoms with van der Waals surface area (Å²) in [5.74, 6) is -3.07. The van der Waals surface area contributed by atoms with E-state index in [9.17, 15) is 14.7 Å². The van der Waals surface area contributed by atoms with Gasteiger partial charge < -0.3 is 19.3 Å². The number of hydrogen-bond donors (Lipinski definition) is 1. The number of rotatable bonds is 9. The van der Waals surface area contributed by atoms with Gasteiger partial charge in [0.25, 0.3) is 0 Å². The highest BCUT2D eigenvalue weighted by Gasteiger charge is 2.51. The molecule has 1 fully saturated rings. The SMILES string of the molecule is CCC(=O)[C@@H](CC1(C(CC)C(=O)OC(C)(C)C)OCCO1)[C@@H](O)C(C)C. The molecule has 0 aliphatic carbocycles. The van der Waals surface area contributed by atoms with Crippen LogP contribution < -0.4 is 0 Å². The van der Waals surface area contributed by atoms with Gasteiger partial charge in [0.1, 0.15) is 17.3 Å². The number of hydrogen-bond acceptors (Lipinski definition) is 6. The highest BCUT2D eigenvalue weighted by molar-refractivity contribution is 5.81. The van der Waals surface area contributed by atoms with Crippen molar-refractivity contribution in [3.05, 3.63) is 0 Å². The molecule has 0 aromatic heterocycles. The van der Waals surface area contributed by atoms with Crippen molar-refractivity contribution in [3.63, 3.8) is 0 Å². The summed E-state index contributed by atoms with van der Waals surface area (Å²) in [6.07, 6.45) is 0.104. The third kappa shape index (κ3) is 5.76. The van der Waals surface area contributed by atoms with Crippen molar-refractivity contribution in [1.29, 1.82) is 0 Å². The van der Waals surface area contributed by atoms with Gasteiger partial charge in [0, 0.05) is 18.8 Å². The lowest BCUT2D eigenvalue weighted by molar-refractivity contribution is -0.226. The lowest BCUT2D eigenvalue weighted by Crippen LogP contribution is -2.49. The lowest BCUT2D eigenvalue weighted by atomic mass is 9.79. The topological polar surface area (TPSA) is 82.1 Å². The van der Waals surface area contributed by atoms with E-state index in [1.807, 2.05) is 41.5 Å². The van der Waals surface area contributed by atoms with Crippen LogP contribution in [0.5, 0.6) is 0 Å². The smallest absolute Gasteiger partial charge is 0.314 e. The summed E-state index contributed by atoms with van der Waals surface area (Å²) in [5.41, 5.74) is -0.625. The van der Waals surface area contributed by atoms with Crippen molar-refractivity contribution in [3.8, 4) is 0 Å². The van der Waals surface area contributed by atoms with Crippen LogP contribution in [0.2, 0.25) is 0 Å². The molecule has 0 saturated carbocycles. The molecule has 26 heavy (non-hydrogen) atoms. The average Bonchev–Trinajstić information content (AvgIpc) is 2.99. The first kappa shape index (κ1) is 23.1. The Morgan fingerprint density at radius 3 is 2.08 bits per heavy atom. The van der Waals surface area contributed by atoms with E-state index in [-0.39, 0.29) is 18.1 Å². The Kier molecular flexibility index (Phi) is 8.24. The van der Waals surface area contributed by atoms with Crippen LogP contribution in [0.25, 0.3) is 0 Å². The molecule has 0 amide bonds. The second kappa shape index (κ2) is 9.29. The number of carbonyl (C=O) groups is 2. The van der Waals surface area contributed by atoms with Crippen LogP contribution in [0.4, 0.5) is 0 Å². The number of esters is 1. The van der Waals surface area contributed by atoms with Gasteiger partial charge in [0.2, 0.25) is 0 Å². The normalized spacial score (nSPS) is 20.7. The third-order valence-corrected chi connectivity index (χ3v) is 4.77. The summed E-state index contributed by atoms with van der Waals surface area (Å²) >= 11 is 0. The van der Waals surface area contributed by atoms with E-state index in [4.69, 9.17) is 14.2 Å². The predicted octanol–water partition coefficient (Wildman–Crippen LogP) is 3.10. The van der Waals surface area contributed by atoms with Crippen molar-refractivity contribution < 1.29 is 28.9 Å². The van der Waals surface area contributed by atoms with E-state index in [1.54, 1.807) is 6.92 Å². The Hall–Kier alpha value is -0.980. The summed E-state index contributed by atoms with van der Waals surface area (Å²) in [7, 11) is 0. The Morgan fingerprint density at radius 1 is 1.15 bits per heavy atom. The second-order valence-corrected chi connectivity index (χ2v) is 8.37. The first-order valence-corrected chi connectivity index (χ1v) is 9.69. The van der Waals surface area contributed by atoms with Crippen LogP contribution >= 0.6 is 0 Å². The quantitative estimate of drug-likeness (QED) is 0.626. The Morgan fingerprint density at radius 2 is 1.69 bits per heavy atom. The summed E-state index contributed by atoms with van der Waals surface area (Å²) < 4.78 is 17.4. The fraction of sp³-hybridized carbons (Fsp3) is 0.900. The first-order chi connectivity index (χ1) is 12.0. The zero-order valence-electron chi connectivity index (χ0n) is 17.3. The Labute approximate surface area is 157 Å². The van der Waals surface area contributed by atoms with E-state index >= 15 is 0 Å². The van der Waals surface area contributed by atoms with Gasteiger partial charge in [-0.15, -0.1) is 0 Å². The molecule has 0 aromatic rings. The van der Waals surface area contributed by atoms with Crippen LogP contribution in [0.15, 0.2) is 0 Å². The van der Waals surface area contributed by atoms with E-state index in [0.717, 1.165) is 0 Å². The monoisotopic (exact) mass is 372 g/mol. The average molecular weight is 373 g/mol. The zero-order chi connectivity index (χ0) is 20.1. The fourth-order valence-corrected chi connectivity index (χ4v) is 3.42. The number of aliphatic hydroxyl groups excluding tert-OH is 1. The minimum Gasteiger partial charge on any atom is -0.460 e. The molecule has 3 atom stereocenters. The number of carbonyl (C=O) groups excluding carboxylic acids is 2. The lowest BCUT2D eigenvalue weighted by Gasteiger charge is -2.38. The van der Waals surface area contributed by atoms with Gasteiger partial charge in [0.05, 0.1) is 19.3 Å². The van der Waals surface area contributed by atoms with E-state index in [1.165, 1.54) is 0 Å². The van der Waals surface area contributed by atoms with Crippen molar-refractivity contribution in [1.82, 2.24) is 0 Å². The van der Waals surface area contributed by atoms with Gasteiger partial charge in [-0.3, -0.25) is 9.59 Å². The molecule has 1 aliphatic heterocycles. The molecule has 1 saturated heterocycles. The molecule has 1 N–H and O–H groups in total. The minimum absolute atomic E-state index is 0.0521. The molecule has 1 unspecified atom stereocenters. The van der Waals surface area contributed by atoms with Crippen LogP contribution in [-0.4, -0.2) is 47.6 Å². The molecule has 6 nitrogen and oxygen atoms in total. The maximum absolute atomic E-state index is 12.8. The van der Waals surface area contributed by atoms with Crippen molar-refractivity contribution in [2.45, 2.75) is 85.2 Å². The second-order valence-electron chi connectivity index (χ2n) is 8.37. The van der Waals surface area contributed by atoms with Crippen molar-refractivity contribution in [2.24, 2.45) is 17.8 Å². The summed E-state index contributed by atoms with van der Waals surface area (Å²) in [4.78, 5) is 25.3. The summed E-state index contributed by atoms with van der Waals surface area (Å²) in [6, 6.07) is 0. The van der Waals surface area contributed by atoms with Crippen LogP contribution in [0.1, 0.15) is 67.7 Å². The van der Waals surface area contributed by atoms with Gasteiger partial charge in [-0.25, -0.2) is 0 Å². The van der Waals surface area contributed by atoms with Crippen molar-refractivity contribution >= 4 is 11.8 Å². The van der Waals surface area contributed by atoms with Crippen molar-refractivity contribution in [2.75, 3.05) is 13.2 Å². The maximum Gasteiger partial charge on any atom is 0.314 e. The summed E-state index contributed by atoms with van der Waals surface area (Å²) in [5, 5.41) is 10.6. The molecule has 6 heteroatoms. The predicted molar refractivity (Wildman–Crippen MR) is 98.5 cm³/mol. The van der Waals surface area contributed by atoms with Gasteiger partial charge in [-0.2, -0.15) is 0 Å². The van der Waals surface area contributed by atoms with Crippen LogP contribution in [0.3, 0.4) is 0 Å². The number of ether oxygens (including phenoxy) is 3. The van der Waals surface area contributed by atoms with Gasteiger partial charge >= 0.3 is 5.97 Å². The standard InChI is InChI=1S/C20H36O6/c1-8-15(18(23)26-19(5,6)7)20(24-10-11-25-20)12-14(16(21)9-2)17(22)13(3)4/h13-15,17,22H,8-12H2,1-7H3/t14-,15?,17+/m1/s1. The van der Waals surface area contributed by atoms with Crippen LogP contribution in [0, 0.1) is 17.8 Å². The van der Waals surface area contributed by atoms with Crippen LogP contribution in [-0.2, 0) is 23.8 Å². The number of aliphatic hydroxyl groups is 1. The van der Waals surface area contributed by atoms with Gasteiger partial charge in [0.15, 0.2) is 5.79 Å². The molecule has 1 rings (SSSR count). The number of ketones is 1. The Bertz CT molecular complexity index is 473. The minimum atomic E-state index is -1.23. The molecule has 1 aliphatic rings. The Balaban J connectivity index is 3.16. The molecule has 0 aromatic carbocycles. The molecular weight excluding hydrogens is 336 g/mol.